The van der Waals surface area contributed by atoms with Crippen LogP contribution in [0, 0.1) is 5.92 Å². The van der Waals surface area contributed by atoms with E-state index in [1.54, 1.807) is 4.90 Å². The van der Waals surface area contributed by atoms with E-state index in [0.29, 0.717) is 25.9 Å². The summed E-state index contributed by atoms with van der Waals surface area (Å²) in [4.78, 5) is 24.0. The van der Waals surface area contributed by atoms with Gasteiger partial charge in [-0.2, -0.15) is 0 Å². The second kappa shape index (κ2) is 7.48. The second-order valence-electron chi connectivity index (χ2n) is 5.46. The van der Waals surface area contributed by atoms with Crippen LogP contribution in [0.15, 0.2) is 0 Å². The molecule has 0 unspecified atom stereocenters. The minimum atomic E-state index is -1.07. The molecule has 0 aromatic carbocycles. The fraction of sp³-hybridized carbons (Fsp3) is 0.833. The van der Waals surface area contributed by atoms with Crippen molar-refractivity contribution in [1.29, 1.82) is 0 Å². The minimum absolute atomic E-state index is 0. The quantitative estimate of drug-likeness (QED) is 0.397. The maximum Gasteiger partial charge on any atom is 1.00 e. The van der Waals surface area contributed by atoms with Gasteiger partial charge >= 0.3 is 35.5 Å². The van der Waals surface area contributed by atoms with Gasteiger partial charge in [0, 0.05) is 6.54 Å². The van der Waals surface area contributed by atoms with E-state index < -0.39 is 11.6 Å². The number of esters is 1. The summed E-state index contributed by atoms with van der Waals surface area (Å²) in [5, 5.41) is 10.4. The van der Waals surface area contributed by atoms with Gasteiger partial charge in [0.2, 0.25) is 0 Å². The molecule has 0 aromatic rings. The summed E-state index contributed by atoms with van der Waals surface area (Å²) in [6.45, 7) is 6.69. The Hall–Kier alpha value is -0.100. The van der Waals surface area contributed by atoms with Gasteiger partial charge in [-0.25, -0.2) is 0 Å². The number of hydrogen-bond donors (Lipinski definition) is 0. The predicted molar refractivity (Wildman–Crippen MR) is 60.0 cm³/mol. The molecule has 1 rings (SSSR count). The monoisotopic (exact) mass is 265 g/mol. The standard InChI is InChI=1S/C12H21NO4.Na/c1-12(2,3)17-11(16)9-4-6-13(7-5-9)8-10(14)15;/h9H,4-8H2,1-3H3,(H,14,15);/q;+1/p-1. The zero-order valence-electron chi connectivity index (χ0n) is 11.7. The molecule has 1 heterocycles. The normalized spacial score (nSPS) is 17.9. The van der Waals surface area contributed by atoms with E-state index in [4.69, 9.17) is 4.74 Å². The van der Waals surface area contributed by atoms with E-state index in [1.165, 1.54) is 0 Å². The van der Waals surface area contributed by atoms with E-state index >= 15 is 0 Å². The summed E-state index contributed by atoms with van der Waals surface area (Å²) >= 11 is 0. The Balaban J connectivity index is 0.00000289. The van der Waals surface area contributed by atoms with E-state index in [-0.39, 0.29) is 48.0 Å². The van der Waals surface area contributed by atoms with Crippen LogP contribution in [-0.2, 0) is 14.3 Å². The van der Waals surface area contributed by atoms with E-state index in [1.807, 2.05) is 20.8 Å². The number of carbonyl (C=O) groups excluding carboxylic acids is 2. The zero-order valence-corrected chi connectivity index (χ0v) is 13.7. The van der Waals surface area contributed by atoms with Gasteiger partial charge in [-0.15, -0.1) is 0 Å². The van der Waals surface area contributed by atoms with Crippen LogP contribution in [0.4, 0.5) is 0 Å². The maximum absolute atomic E-state index is 11.8. The summed E-state index contributed by atoms with van der Waals surface area (Å²) in [6, 6.07) is 0. The Kier molecular flexibility index (Phi) is 7.44. The number of carbonyl (C=O) groups is 2. The average Bonchev–Trinajstić information content (AvgIpc) is 2.15. The van der Waals surface area contributed by atoms with Crippen molar-refractivity contribution in [3.8, 4) is 0 Å². The molecule has 6 heteroatoms. The SMILES string of the molecule is CC(C)(C)OC(=O)C1CCN(CC(=O)[O-])CC1.[Na+]. The molecule has 98 valence electrons. The van der Waals surface area contributed by atoms with Crippen LogP contribution in [0.25, 0.3) is 0 Å². The molecule has 0 saturated carbocycles. The maximum atomic E-state index is 11.8. The topological polar surface area (TPSA) is 69.7 Å². The van der Waals surface area contributed by atoms with Crippen molar-refractivity contribution in [1.82, 2.24) is 4.90 Å². The third-order valence-electron chi connectivity index (χ3n) is 2.68. The second-order valence-corrected chi connectivity index (χ2v) is 5.46. The first-order valence-electron chi connectivity index (χ1n) is 5.93. The zero-order chi connectivity index (χ0) is 13.1. The Bertz CT molecular complexity index is 293. The van der Waals surface area contributed by atoms with Crippen molar-refractivity contribution in [2.45, 2.75) is 39.2 Å². The Morgan fingerprint density at radius 3 is 2.17 bits per heavy atom. The summed E-state index contributed by atoms with van der Waals surface area (Å²) in [6.07, 6.45) is 1.31. The number of carboxylic acids is 1. The molecule has 0 radical (unpaired) electrons. The first kappa shape index (κ1) is 17.9. The Morgan fingerprint density at radius 1 is 1.28 bits per heavy atom. The molecule has 5 nitrogen and oxygen atoms in total. The van der Waals surface area contributed by atoms with Gasteiger partial charge in [0.15, 0.2) is 0 Å². The Morgan fingerprint density at radius 2 is 1.78 bits per heavy atom. The van der Waals surface area contributed by atoms with Crippen LogP contribution in [0.5, 0.6) is 0 Å². The van der Waals surface area contributed by atoms with Gasteiger partial charge in [0.05, 0.1) is 11.9 Å². The van der Waals surface area contributed by atoms with Crippen molar-refractivity contribution < 1.29 is 49.0 Å². The van der Waals surface area contributed by atoms with E-state index in [0.717, 1.165) is 0 Å². The van der Waals surface area contributed by atoms with Gasteiger partial charge in [-0.3, -0.25) is 9.69 Å². The summed E-state index contributed by atoms with van der Waals surface area (Å²) in [5.41, 5.74) is -0.459. The van der Waals surface area contributed by atoms with E-state index in [2.05, 4.69) is 0 Å². The van der Waals surface area contributed by atoms with Crippen molar-refractivity contribution in [3.05, 3.63) is 0 Å². The molecule has 0 bridgehead atoms. The first-order valence-corrected chi connectivity index (χ1v) is 5.93. The largest absolute Gasteiger partial charge is 1.00 e. The Labute approximate surface area is 130 Å². The molecule has 18 heavy (non-hydrogen) atoms. The van der Waals surface area contributed by atoms with E-state index in [9.17, 15) is 14.7 Å². The number of nitrogens with zero attached hydrogens (tertiary/aromatic N) is 1. The van der Waals surface area contributed by atoms with Gasteiger partial charge < -0.3 is 14.6 Å². The van der Waals surface area contributed by atoms with Crippen molar-refractivity contribution in [2.24, 2.45) is 5.92 Å². The summed E-state index contributed by atoms with van der Waals surface area (Å²) < 4.78 is 5.31. The third kappa shape index (κ3) is 6.73. The van der Waals surface area contributed by atoms with Crippen LogP contribution in [0.2, 0.25) is 0 Å². The molecular weight excluding hydrogens is 245 g/mol. The molecule has 0 aromatic heterocycles. The number of aliphatic carboxylic acids is 1. The van der Waals surface area contributed by atoms with Gasteiger partial charge in [-0.05, 0) is 46.7 Å². The molecule has 0 amide bonds. The van der Waals surface area contributed by atoms with Crippen LogP contribution in [0.1, 0.15) is 33.6 Å². The van der Waals surface area contributed by atoms with Crippen LogP contribution < -0.4 is 34.7 Å². The van der Waals surface area contributed by atoms with Gasteiger partial charge in [-0.1, -0.05) is 0 Å². The molecule has 1 fully saturated rings. The number of hydrogen-bond acceptors (Lipinski definition) is 5. The number of rotatable bonds is 3. The fourth-order valence-corrected chi connectivity index (χ4v) is 1.89. The molecule has 0 atom stereocenters. The molecule has 1 aliphatic heterocycles. The summed E-state index contributed by atoms with van der Waals surface area (Å²) in [5.74, 6) is -1.35. The number of carboxylic acid groups (broad SMARTS) is 1. The van der Waals surface area contributed by atoms with Gasteiger partial charge in [0.25, 0.3) is 0 Å². The number of ether oxygens (including phenoxy) is 1. The van der Waals surface area contributed by atoms with Crippen LogP contribution in [-0.4, -0.2) is 42.1 Å². The molecule has 1 aliphatic rings. The number of likely N-dealkylation sites (tertiary alicyclic amines) is 1. The predicted octanol–water partition coefficient (Wildman–Crippen LogP) is -3.21. The molecule has 0 spiro atoms. The third-order valence-corrected chi connectivity index (χ3v) is 2.68. The van der Waals surface area contributed by atoms with Crippen molar-refractivity contribution in [2.75, 3.05) is 19.6 Å². The first-order chi connectivity index (χ1) is 7.78. The number of piperidine rings is 1. The molecule has 0 N–H and O–H groups in total. The smallest absolute Gasteiger partial charge is 0.549 e. The summed E-state index contributed by atoms with van der Waals surface area (Å²) in [7, 11) is 0. The molecule has 0 aliphatic carbocycles. The van der Waals surface area contributed by atoms with Crippen molar-refractivity contribution >= 4 is 11.9 Å². The minimum Gasteiger partial charge on any atom is -0.549 e. The van der Waals surface area contributed by atoms with Gasteiger partial charge in [0.1, 0.15) is 5.60 Å². The fourth-order valence-electron chi connectivity index (χ4n) is 1.89. The van der Waals surface area contributed by atoms with Crippen molar-refractivity contribution in [3.63, 3.8) is 0 Å². The van der Waals surface area contributed by atoms with Crippen LogP contribution in [0.3, 0.4) is 0 Å². The molecule has 1 saturated heterocycles. The molecular formula is C12H20NNaO4. The van der Waals surface area contributed by atoms with Crippen LogP contribution >= 0.6 is 0 Å². The average molecular weight is 265 g/mol.